The molecule has 0 fully saturated rings. The monoisotopic (exact) mass is 509 g/mol. The van der Waals surface area contributed by atoms with Gasteiger partial charge in [0, 0.05) is 11.3 Å². The molecule has 7 nitrogen and oxygen atoms in total. The Morgan fingerprint density at radius 3 is 1.97 bits per heavy atom. The number of carbonyl (C=O) groups excluding carboxylic acids is 3. The van der Waals surface area contributed by atoms with Crippen molar-refractivity contribution in [3.63, 3.8) is 0 Å². The molecule has 0 saturated heterocycles. The summed E-state index contributed by atoms with van der Waals surface area (Å²) in [4.78, 5) is 38.0. The predicted octanol–water partition coefficient (Wildman–Crippen LogP) is 6.30. The Balaban J connectivity index is 1.81. The summed E-state index contributed by atoms with van der Waals surface area (Å²) in [5, 5.41) is 3.24. The van der Waals surface area contributed by atoms with Crippen LogP contribution >= 0.6 is 11.6 Å². The van der Waals surface area contributed by atoms with Crippen molar-refractivity contribution in [1.82, 2.24) is 0 Å². The number of amides is 1. The first-order valence-corrected chi connectivity index (χ1v) is 11.8. The number of carbonyl (C=O) groups is 3. The summed E-state index contributed by atoms with van der Waals surface area (Å²) in [6, 6.07) is 18.3. The zero-order chi connectivity index (χ0) is 26.2. The fraction of sp³-hybridized carbons (Fsp3) is 0.250. The summed E-state index contributed by atoms with van der Waals surface area (Å²) in [5.74, 6) is -1.11. The Bertz CT molecular complexity index is 1210. The topological polar surface area (TPSA) is 90.9 Å². The molecule has 36 heavy (non-hydrogen) atoms. The van der Waals surface area contributed by atoms with Gasteiger partial charge in [-0.05, 0) is 75.7 Å². The van der Waals surface area contributed by atoms with E-state index in [1.54, 1.807) is 58.0 Å². The lowest BCUT2D eigenvalue weighted by molar-refractivity contribution is 0.0377. The number of esters is 2. The number of benzene rings is 3. The smallest absolute Gasteiger partial charge is 0.338 e. The third-order valence-corrected chi connectivity index (χ3v) is 5.08. The van der Waals surface area contributed by atoms with E-state index in [1.807, 2.05) is 18.2 Å². The summed E-state index contributed by atoms with van der Waals surface area (Å²) in [6.07, 6.45) is -0.699. The van der Waals surface area contributed by atoms with E-state index in [1.165, 1.54) is 18.2 Å². The first-order valence-electron chi connectivity index (χ1n) is 11.5. The maximum Gasteiger partial charge on any atom is 0.338 e. The van der Waals surface area contributed by atoms with Crippen molar-refractivity contribution in [3.8, 4) is 5.75 Å². The zero-order valence-electron chi connectivity index (χ0n) is 20.5. The molecule has 0 spiro atoms. The second-order valence-electron chi connectivity index (χ2n) is 8.58. The SMILES string of the molecule is CC(C)OC(=O)c1cc(NC(=O)c2cccc(COc3ccccc3Cl)c2)cc(C(=O)OC(C)C)c1. The molecule has 0 aliphatic rings. The minimum absolute atomic E-state index is 0.124. The lowest BCUT2D eigenvalue weighted by Gasteiger charge is -2.14. The predicted molar refractivity (Wildman–Crippen MR) is 138 cm³/mol. The zero-order valence-corrected chi connectivity index (χ0v) is 21.3. The molecule has 8 heteroatoms. The Hall–Kier alpha value is -3.84. The summed E-state index contributed by atoms with van der Waals surface area (Å²) < 4.78 is 16.3. The molecule has 1 amide bonds. The number of anilines is 1. The van der Waals surface area contributed by atoms with E-state index in [2.05, 4.69) is 5.32 Å². The van der Waals surface area contributed by atoms with Crippen molar-refractivity contribution >= 4 is 35.1 Å². The van der Waals surface area contributed by atoms with Crippen molar-refractivity contribution < 1.29 is 28.6 Å². The Morgan fingerprint density at radius 2 is 1.39 bits per heavy atom. The second kappa shape index (κ2) is 12.2. The van der Waals surface area contributed by atoms with Gasteiger partial charge in [-0.2, -0.15) is 0 Å². The van der Waals surface area contributed by atoms with Crippen LogP contribution in [0.15, 0.2) is 66.7 Å². The average Bonchev–Trinajstić information content (AvgIpc) is 2.82. The first kappa shape index (κ1) is 26.8. The minimum Gasteiger partial charge on any atom is -0.487 e. The highest BCUT2D eigenvalue weighted by atomic mass is 35.5. The standard InChI is InChI=1S/C28H28ClNO6/c1-17(2)35-27(32)21-13-22(28(33)36-18(3)4)15-23(14-21)30-26(31)20-9-7-8-19(12-20)16-34-25-11-6-5-10-24(25)29/h5-15,17-18H,16H2,1-4H3,(H,30,31). The van der Waals surface area contributed by atoms with Gasteiger partial charge in [-0.15, -0.1) is 0 Å². The van der Waals surface area contributed by atoms with Gasteiger partial charge in [-0.3, -0.25) is 4.79 Å². The second-order valence-corrected chi connectivity index (χ2v) is 8.99. The van der Waals surface area contributed by atoms with Crippen LogP contribution in [0.3, 0.4) is 0 Å². The molecular weight excluding hydrogens is 482 g/mol. The van der Waals surface area contributed by atoms with Crippen molar-refractivity contribution in [2.45, 2.75) is 46.5 Å². The van der Waals surface area contributed by atoms with Gasteiger partial charge in [0.15, 0.2) is 0 Å². The largest absolute Gasteiger partial charge is 0.487 e. The van der Waals surface area contributed by atoms with Crippen LogP contribution in [0.5, 0.6) is 5.75 Å². The average molecular weight is 510 g/mol. The molecule has 0 bridgehead atoms. The molecule has 0 aromatic heterocycles. The Morgan fingerprint density at radius 1 is 0.778 bits per heavy atom. The maximum absolute atomic E-state index is 13.0. The van der Waals surface area contributed by atoms with E-state index in [4.69, 9.17) is 25.8 Å². The number of rotatable bonds is 9. The first-order chi connectivity index (χ1) is 17.1. The molecule has 0 heterocycles. The van der Waals surface area contributed by atoms with Crippen LogP contribution < -0.4 is 10.1 Å². The number of nitrogens with one attached hydrogen (secondary N) is 1. The number of halogens is 1. The van der Waals surface area contributed by atoms with Crippen LogP contribution in [0.4, 0.5) is 5.69 Å². The molecule has 1 N–H and O–H groups in total. The van der Waals surface area contributed by atoms with Gasteiger partial charge in [0.05, 0.1) is 28.4 Å². The number of ether oxygens (including phenoxy) is 3. The highest BCUT2D eigenvalue weighted by Crippen LogP contribution is 2.24. The number of para-hydroxylation sites is 1. The molecule has 0 aliphatic carbocycles. The normalized spacial score (nSPS) is 10.8. The number of hydrogen-bond acceptors (Lipinski definition) is 6. The summed E-state index contributed by atoms with van der Waals surface area (Å²) in [6.45, 7) is 7.10. The quantitative estimate of drug-likeness (QED) is 0.340. The summed E-state index contributed by atoms with van der Waals surface area (Å²) in [7, 11) is 0. The lowest BCUT2D eigenvalue weighted by atomic mass is 10.1. The van der Waals surface area contributed by atoms with E-state index in [0.717, 1.165) is 5.56 Å². The van der Waals surface area contributed by atoms with E-state index in [-0.39, 0.29) is 35.6 Å². The van der Waals surface area contributed by atoms with Gasteiger partial charge in [0.25, 0.3) is 5.91 Å². The lowest BCUT2D eigenvalue weighted by Crippen LogP contribution is -2.17. The molecule has 0 atom stereocenters. The summed E-state index contributed by atoms with van der Waals surface area (Å²) in [5.41, 5.74) is 1.64. The molecule has 3 rings (SSSR count). The molecule has 3 aromatic rings. The van der Waals surface area contributed by atoms with Gasteiger partial charge >= 0.3 is 11.9 Å². The Kier molecular flexibility index (Phi) is 9.08. The van der Waals surface area contributed by atoms with E-state index in [9.17, 15) is 14.4 Å². The van der Waals surface area contributed by atoms with Gasteiger partial charge in [-0.1, -0.05) is 35.9 Å². The molecule has 3 aromatic carbocycles. The van der Waals surface area contributed by atoms with Gasteiger partial charge in [0.2, 0.25) is 0 Å². The van der Waals surface area contributed by atoms with Crippen LogP contribution in [0.1, 0.15) is 64.3 Å². The molecular formula is C28H28ClNO6. The van der Waals surface area contributed by atoms with Gasteiger partial charge in [-0.25, -0.2) is 9.59 Å². The van der Waals surface area contributed by atoms with Crippen molar-refractivity contribution in [3.05, 3.63) is 94.0 Å². The molecule has 0 unspecified atom stereocenters. The molecule has 0 aliphatic heterocycles. The molecule has 0 saturated carbocycles. The van der Waals surface area contributed by atoms with Crippen LogP contribution in [-0.2, 0) is 16.1 Å². The highest BCUT2D eigenvalue weighted by molar-refractivity contribution is 6.32. The van der Waals surface area contributed by atoms with Crippen molar-refractivity contribution in [2.24, 2.45) is 0 Å². The van der Waals surface area contributed by atoms with Crippen LogP contribution in [0.2, 0.25) is 5.02 Å². The van der Waals surface area contributed by atoms with Gasteiger partial charge < -0.3 is 19.5 Å². The van der Waals surface area contributed by atoms with Gasteiger partial charge in [0.1, 0.15) is 12.4 Å². The fourth-order valence-electron chi connectivity index (χ4n) is 3.23. The minimum atomic E-state index is -0.613. The third kappa shape index (κ3) is 7.58. The van der Waals surface area contributed by atoms with E-state index in [0.29, 0.717) is 16.3 Å². The van der Waals surface area contributed by atoms with Crippen LogP contribution in [0.25, 0.3) is 0 Å². The third-order valence-electron chi connectivity index (χ3n) is 4.77. The van der Waals surface area contributed by atoms with Crippen LogP contribution in [-0.4, -0.2) is 30.1 Å². The number of hydrogen-bond donors (Lipinski definition) is 1. The van der Waals surface area contributed by atoms with E-state index >= 15 is 0 Å². The molecule has 188 valence electrons. The summed E-state index contributed by atoms with van der Waals surface area (Å²) >= 11 is 6.13. The molecule has 0 radical (unpaired) electrons. The van der Waals surface area contributed by atoms with Crippen molar-refractivity contribution in [1.29, 1.82) is 0 Å². The van der Waals surface area contributed by atoms with Crippen LogP contribution in [0, 0.1) is 0 Å². The van der Waals surface area contributed by atoms with Crippen molar-refractivity contribution in [2.75, 3.05) is 5.32 Å². The van der Waals surface area contributed by atoms with E-state index < -0.39 is 17.8 Å². The highest BCUT2D eigenvalue weighted by Gasteiger charge is 2.18. The Labute approximate surface area is 215 Å². The fourth-order valence-corrected chi connectivity index (χ4v) is 3.42. The maximum atomic E-state index is 13.0.